The Morgan fingerprint density at radius 3 is 2.43 bits per heavy atom. The molecule has 1 rings (SSSR count). The van der Waals surface area contributed by atoms with Gasteiger partial charge in [-0.2, -0.15) is 0 Å². The van der Waals surface area contributed by atoms with Gasteiger partial charge in [-0.25, -0.2) is 0 Å². The van der Waals surface area contributed by atoms with Gasteiger partial charge in [0.15, 0.2) is 0 Å². The molecule has 0 aromatic heterocycles. The van der Waals surface area contributed by atoms with Crippen LogP contribution in [-0.2, 0) is 0 Å². The molecule has 0 spiro atoms. The van der Waals surface area contributed by atoms with Gasteiger partial charge in [0.05, 0.1) is 6.42 Å². The third kappa shape index (κ3) is 2.97. The monoisotopic (exact) mass is 200 g/mol. The van der Waals surface area contributed by atoms with E-state index in [-0.39, 0.29) is 16.9 Å². The largest absolute Gasteiger partial charge is 0.291 e. The average Bonchev–Trinajstić information content (AvgIpc) is 2.01. The van der Waals surface area contributed by atoms with E-state index in [9.17, 15) is 10.1 Å². The number of nitrogens with zero attached hydrogens (tertiary/aromatic N) is 1. The lowest BCUT2D eigenvalue weighted by Gasteiger charge is -2.31. The quantitative estimate of drug-likeness (QED) is 0.283. The van der Waals surface area contributed by atoms with E-state index in [4.69, 9.17) is 11.1 Å². The molecule has 5 nitrogen and oxygen atoms in total. The van der Waals surface area contributed by atoms with Crippen LogP contribution >= 0.6 is 0 Å². The molecular formula is C9H18N3O2+. The zero-order valence-corrected chi connectivity index (χ0v) is 8.37. The van der Waals surface area contributed by atoms with Gasteiger partial charge in [-0.05, 0) is 12.8 Å². The van der Waals surface area contributed by atoms with Crippen LogP contribution in [0.5, 0.6) is 0 Å². The summed E-state index contributed by atoms with van der Waals surface area (Å²) in [5.74, 6) is 0.328. The fraction of sp³-hybridized carbons (Fsp3) is 0.889. The summed E-state index contributed by atoms with van der Waals surface area (Å²) >= 11 is 0. The van der Waals surface area contributed by atoms with Crippen LogP contribution in [0.2, 0.25) is 0 Å². The van der Waals surface area contributed by atoms with E-state index in [0.29, 0.717) is 12.3 Å². The van der Waals surface area contributed by atoms with E-state index < -0.39 is 0 Å². The second kappa shape index (κ2) is 4.39. The van der Waals surface area contributed by atoms with Crippen molar-refractivity contribution in [1.82, 2.24) is 0 Å². The highest BCUT2D eigenvalue weighted by Gasteiger charge is 2.38. The summed E-state index contributed by atoms with van der Waals surface area (Å²) in [4.78, 5) is 10.3. The summed E-state index contributed by atoms with van der Waals surface area (Å²) in [6.45, 7) is 0.00486. The molecule has 0 unspecified atom stereocenters. The summed E-state index contributed by atoms with van der Waals surface area (Å²) in [6, 6.07) is 0. The van der Waals surface area contributed by atoms with Gasteiger partial charge in [0.1, 0.15) is 0 Å². The summed E-state index contributed by atoms with van der Waals surface area (Å²) < 4.78 is 0. The van der Waals surface area contributed by atoms with Crippen LogP contribution in [-0.4, -0.2) is 17.3 Å². The van der Waals surface area contributed by atoms with Crippen molar-refractivity contribution in [2.45, 2.75) is 38.5 Å². The van der Waals surface area contributed by atoms with Crippen molar-refractivity contribution in [2.24, 2.45) is 11.1 Å². The van der Waals surface area contributed by atoms with Gasteiger partial charge in [-0.15, -0.1) is 0 Å². The van der Waals surface area contributed by atoms with Crippen LogP contribution in [0.1, 0.15) is 38.5 Å². The molecule has 1 saturated carbocycles. The number of hydrogen-bond acceptors (Lipinski definition) is 2. The summed E-state index contributed by atoms with van der Waals surface area (Å²) in [6.07, 6.45) is 5.54. The van der Waals surface area contributed by atoms with Crippen LogP contribution in [0.4, 0.5) is 0 Å². The molecule has 0 radical (unpaired) electrons. The maximum atomic E-state index is 10.6. The standard InChI is InChI=1S/C9H17N3O2/c10-8(11)6-9(7-12(13)14)4-2-1-3-5-9/h1-7H2,(H3,10,11)/p+1. The van der Waals surface area contributed by atoms with E-state index in [1.807, 2.05) is 0 Å². The van der Waals surface area contributed by atoms with Crippen molar-refractivity contribution in [3.63, 3.8) is 0 Å². The smallest absolute Gasteiger partial charge is 0.239 e. The molecule has 1 aliphatic carbocycles. The van der Waals surface area contributed by atoms with Gasteiger partial charge < -0.3 is 0 Å². The fourth-order valence-electron chi connectivity index (χ4n) is 2.40. The lowest BCUT2D eigenvalue weighted by molar-refractivity contribution is -0.498. The topological polar surface area (TPSA) is 94.8 Å². The molecule has 1 aliphatic rings. The third-order valence-corrected chi connectivity index (χ3v) is 2.96. The predicted octanol–water partition coefficient (Wildman–Crippen LogP) is -0.280. The van der Waals surface area contributed by atoms with Gasteiger partial charge in [0.2, 0.25) is 12.4 Å². The SMILES string of the molecule is NC(=[NH2+])CC1(C[N+](=O)[O-])CCCCC1. The Hall–Kier alpha value is -1.13. The Bertz CT molecular complexity index is 216. The average molecular weight is 200 g/mol. The Labute approximate surface area is 83.3 Å². The van der Waals surface area contributed by atoms with Crippen LogP contribution in [0.15, 0.2) is 0 Å². The number of hydrogen-bond donors (Lipinski definition) is 2. The van der Waals surface area contributed by atoms with Crippen LogP contribution in [0.25, 0.3) is 0 Å². The van der Waals surface area contributed by atoms with E-state index >= 15 is 0 Å². The molecule has 0 saturated heterocycles. The minimum Gasteiger partial charge on any atom is -0.291 e. The molecule has 0 bridgehead atoms. The molecule has 0 aromatic carbocycles. The first kappa shape index (κ1) is 10.9. The first-order valence-corrected chi connectivity index (χ1v) is 5.03. The number of rotatable bonds is 4. The molecule has 0 atom stereocenters. The number of nitro groups is 1. The minimum atomic E-state index is -0.263. The van der Waals surface area contributed by atoms with Crippen LogP contribution < -0.4 is 11.1 Å². The van der Waals surface area contributed by atoms with Crippen molar-refractivity contribution >= 4 is 5.84 Å². The molecule has 0 aromatic rings. The Morgan fingerprint density at radius 1 is 1.43 bits per heavy atom. The second-order valence-electron chi connectivity index (χ2n) is 4.30. The highest BCUT2D eigenvalue weighted by atomic mass is 16.6. The second-order valence-corrected chi connectivity index (χ2v) is 4.30. The molecule has 1 fully saturated rings. The normalized spacial score (nSPS) is 20.3. The molecule has 80 valence electrons. The van der Waals surface area contributed by atoms with Crippen LogP contribution in [0, 0.1) is 15.5 Å². The maximum Gasteiger partial charge on any atom is 0.239 e. The Balaban J connectivity index is 2.66. The van der Waals surface area contributed by atoms with Gasteiger partial charge in [0.25, 0.3) is 0 Å². The van der Waals surface area contributed by atoms with E-state index in [1.54, 1.807) is 0 Å². The highest BCUT2D eigenvalue weighted by Crippen LogP contribution is 2.38. The molecular weight excluding hydrogens is 182 g/mol. The first-order chi connectivity index (χ1) is 6.54. The van der Waals surface area contributed by atoms with Crippen molar-refractivity contribution in [2.75, 3.05) is 6.54 Å². The minimum absolute atomic E-state index is 0.00486. The lowest BCUT2D eigenvalue weighted by atomic mass is 9.71. The fourth-order valence-corrected chi connectivity index (χ4v) is 2.40. The van der Waals surface area contributed by atoms with Crippen molar-refractivity contribution in [3.8, 4) is 0 Å². The Kier molecular flexibility index (Phi) is 3.43. The summed E-state index contributed by atoms with van der Waals surface area (Å²) in [7, 11) is 0. The zero-order valence-electron chi connectivity index (χ0n) is 8.37. The summed E-state index contributed by atoms with van der Waals surface area (Å²) in [5, 5.41) is 16.0. The van der Waals surface area contributed by atoms with Crippen LogP contribution in [0.3, 0.4) is 0 Å². The first-order valence-electron chi connectivity index (χ1n) is 5.03. The molecule has 0 aliphatic heterocycles. The highest BCUT2D eigenvalue weighted by molar-refractivity contribution is 5.74. The van der Waals surface area contributed by atoms with Crippen molar-refractivity contribution in [3.05, 3.63) is 10.1 Å². The summed E-state index contributed by atoms with van der Waals surface area (Å²) in [5.41, 5.74) is 5.19. The number of nitrogens with two attached hydrogens (primary N) is 2. The van der Waals surface area contributed by atoms with Gasteiger partial charge in [0, 0.05) is 10.3 Å². The third-order valence-electron chi connectivity index (χ3n) is 2.96. The Morgan fingerprint density at radius 2 is 2.00 bits per heavy atom. The van der Waals surface area contributed by atoms with Gasteiger partial charge >= 0.3 is 0 Å². The molecule has 5 heteroatoms. The van der Waals surface area contributed by atoms with E-state index in [2.05, 4.69) is 0 Å². The molecule has 0 amide bonds. The zero-order chi connectivity index (χ0) is 10.6. The predicted molar refractivity (Wildman–Crippen MR) is 53.1 cm³/mol. The molecule has 4 N–H and O–H groups in total. The van der Waals surface area contributed by atoms with Gasteiger partial charge in [-0.1, -0.05) is 19.3 Å². The number of amidine groups is 1. The van der Waals surface area contributed by atoms with Crippen molar-refractivity contribution < 1.29 is 10.3 Å². The molecule has 14 heavy (non-hydrogen) atoms. The van der Waals surface area contributed by atoms with E-state index in [0.717, 1.165) is 25.7 Å². The maximum absolute atomic E-state index is 10.6. The van der Waals surface area contributed by atoms with Gasteiger partial charge in [-0.3, -0.25) is 21.3 Å². The lowest BCUT2D eigenvalue weighted by Crippen LogP contribution is -2.50. The van der Waals surface area contributed by atoms with Crippen molar-refractivity contribution in [1.29, 1.82) is 0 Å². The van der Waals surface area contributed by atoms with E-state index in [1.165, 1.54) is 6.42 Å². The molecule has 0 heterocycles.